The zero-order valence-electron chi connectivity index (χ0n) is 12.8. The first-order valence-electron chi connectivity index (χ1n) is 6.73. The topological polar surface area (TPSA) is 102 Å². The summed E-state index contributed by atoms with van der Waals surface area (Å²) in [5.74, 6) is -1.12. The van der Waals surface area contributed by atoms with Gasteiger partial charge >= 0.3 is 5.97 Å². The van der Waals surface area contributed by atoms with Crippen LogP contribution in [0.15, 0.2) is 10.6 Å². The Kier molecular flexibility index (Phi) is 5.75. The summed E-state index contributed by atoms with van der Waals surface area (Å²) in [5, 5.41) is 15.3. The summed E-state index contributed by atoms with van der Waals surface area (Å²) in [6.07, 6.45) is 0.478. The predicted octanol–water partition coefficient (Wildman–Crippen LogP) is 1.62. The largest absolute Gasteiger partial charge is 0.481 e. The second-order valence-electron chi connectivity index (χ2n) is 6.17. The number of rotatable bonds is 7. The van der Waals surface area contributed by atoms with E-state index in [9.17, 15) is 9.59 Å². The van der Waals surface area contributed by atoms with E-state index in [1.807, 2.05) is 20.8 Å². The number of hydrogen-bond donors (Lipinski definition) is 2. The van der Waals surface area contributed by atoms with Gasteiger partial charge in [0.15, 0.2) is 6.61 Å². The number of carbonyl (C=O) groups excluding carboxylic acids is 1. The number of carboxylic acids is 1. The molecule has 0 radical (unpaired) electrons. The molecular formula is C14H22N2O5. The molecule has 1 aromatic rings. The molecule has 0 saturated heterocycles. The van der Waals surface area contributed by atoms with E-state index in [0.29, 0.717) is 12.2 Å². The summed E-state index contributed by atoms with van der Waals surface area (Å²) in [6, 6.07) is 1.56. The van der Waals surface area contributed by atoms with Crippen LogP contribution in [-0.4, -0.2) is 35.3 Å². The van der Waals surface area contributed by atoms with Crippen molar-refractivity contribution in [2.75, 3.05) is 13.2 Å². The second kappa shape index (κ2) is 7.10. The minimum Gasteiger partial charge on any atom is -0.481 e. The Hall–Kier alpha value is -2.05. The highest BCUT2D eigenvalue weighted by Crippen LogP contribution is 2.24. The average molecular weight is 298 g/mol. The number of carboxylic acid groups (broad SMARTS) is 1. The summed E-state index contributed by atoms with van der Waals surface area (Å²) >= 11 is 0. The number of amides is 1. The molecule has 1 unspecified atom stereocenters. The number of hydrogen-bond acceptors (Lipinski definition) is 5. The third-order valence-electron chi connectivity index (χ3n) is 2.71. The SMILES string of the molecule is Cc1cc(OCC(=O)NCC(CC(C)(C)C)C(=O)O)no1. The van der Waals surface area contributed by atoms with E-state index in [0.717, 1.165) is 0 Å². The molecule has 118 valence electrons. The van der Waals surface area contributed by atoms with Crippen molar-refractivity contribution in [3.8, 4) is 5.88 Å². The van der Waals surface area contributed by atoms with Gasteiger partial charge in [-0.1, -0.05) is 20.8 Å². The van der Waals surface area contributed by atoms with Crippen molar-refractivity contribution >= 4 is 11.9 Å². The van der Waals surface area contributed by atoms with Crippen molar-refractivity contribution in [1.82, 2.24) is 10.5 Å². The Morgan fingerprint density at radius 2 is 2.14 bits per heavy atom. The van der Waals surface area contributed by atoms with Crippen LogP contribution in [0.1, 0.15) is 33.0 Å². The van der Waals surface area contributed by atoms with Crippen LogP contribution >= 0.6 is 0 Å². The van der Waals surface area contributed by atoms with Gasteiger partial charge in [-0.05, 0) is 23.9 Å². The number of aromatic nitrogens is 1. The van der Waals surface area contributed by atoms with Crippen LogP contribution in [0.25, 0.3) is 0 Å². The lowest BCUT2D eigenvalue weighted by atomic mass is 9.84. The zero-order valence-corrected chi connectivity index (χ0v) is 12.8. The van der Waals surface area contributed by atoms with Gasteiger partial charge in [0.05, 0.1) is 5.92 Å². The van der Waals surface area contributed by atoms with Gasteiger partial charge in [-0.3, -0.25) is 9.59 Å². The molecule has 1 amide bonds. The standard InChI is InChI=1S/C14H22N2O5/c1-9-5-12(16-21-9)20-8-11(17)15-7-10(13(18)19)6-14(2,3)4/h5,10H,6-8H2,1-4H3,(H,15,17)(H,18,19). The lowest BCUT2D eigenvalue weighted by Gasteiger charge is -2.23. The van der Waals surface area contributed by atoms with Crippen LogP contribution in [0, 0.1) is 18.3 Å². The fraction of sp³-hybridized carbons (Fsp3) is 0.643. The van der Waals surface area contributed by atoms with Crippen LogP contribution in [0.5, 0.6) is 5.88 Å². The molecule has 1 rings (SSSR count). The zero-order chi connectivity index (χ0) is 16.0. The molecule has 0 aliphatic heterocycles. The molecular weight excluding hydrogens is 276 g/mol. The highest BCUT2D eigenvalue weighted by atomic mass is 16.5. The number of ether oxygens (including phenoxy) is 1. The second-order valence-corrected chi connectivity index (χ2v) is 6.17. The maximum Gasteiger partial charge on any atom is 0.308 e. The fourth-order valence-electron chi connectivity index (χ4n) is 1.83. The molecule has 21 heavy (non-hydrogen) atoms. The Bertz CT molecular complexity index is 490. The molecule has 2 N–H and O–H groups in total. The Labute approximate surface area is 123 Å². The smallest absolute Gasteiger partial charge is 0.308 e. The van der Waals surface area contributed by atoms with Gasteiger partial charge in [0.1, 0.15) is 5.76 Å². The summed E-state index contributed by atoms with van der Waals surface area (Å²) in [4.78, 5) is 22.8. The first kappa shape index (κ1) is 17.0. The van der Waals surface area contributed by atoms with Crippen LogP contribution in [0.4, 0.5) is 0 Å². The Morgan fingerprint density at radius 1 is 1.48 bits per heavy atom. The maximum absolute atomic E-state index is 11.6. The Balaban J connectivity index is 2.37. The number of carbonyl (C=O) groups is 2. The summed E-state index contributed by atoms with van der Waals surface area (Å²) in [7, 11) is 0. The average Bonchev–Trinajstić information content (AvgIpc) is 2.76. The van der Waals surface area contributed by atoms with Crippen LogP contribution < -0.4 is 10.1 Å². The summed E-state index contributed by atoms with van der Waals surface area (Å²) in [6.45, 7) is 7.44. The van der Waals surface area contributed by atoms with Crippen molar-refractivity contribution in [2.45, 2.75) is 34.1 Å². The van der Waals surface area contributed by atoms with Crippen molar-refractivity contribution in [2.24, 2.45) is 11.3 Å². The van der Waals surface area contributed by atoms with Gasteiger partial charge in [0, 0.05) is 12.6 Å². The highest BCUT2D eigenvalue weighted by molar-refractivity contribution is 5.78. The summed E-state index contributed by atoms with van der Waals surface area (Å²) < 4.78 is 9.91. The van der Waals surface area contributed by atoms with E-state index < -0.39 is 17.8 Å². The normalized spacial score (nSPS) is 12.8. The molecule has 0 aliphatic rings. The molecule has 1 atom stereocenters. The monoisotopic (exact) mass is 298 g/mol. The van der Waals surface area contributed by atoms with Gasteiger partial charge in [0.25, 0.3) is 11.8 Å². The number of nitrogens with zero attached hydrogens (tertiary/aromatic N) is 1. The van der Waals surface area contributed by atoms with Gasteiger partial charge in [-0.25, -0.2) is 0 Å². The molecule has 0 fully saturated rings. The predicted molar refractivity (Wildman–Crippen MR) is 74.9 cm³/mol. The van der Waals surface area contributed by atoms with E-state index in [1.54, 1.807) is 13.0 Å². The lowest BCUT2D eigenvalue weighted by molar-refractivity contribution is -0.142. The molecule has 0 bridgehead atoms. The number of aryl methyl sites for hydroxylation is 1. The fourth-order valence-corrected chi connectivity index (χ4v) is 1.83. The van der Waals surface area contributed by atoms with Crippen molar-refractivity contribution < 1.29 is 24.0 Å². The molecule has 0 aliphatic carbocycles. The minimum atomic E-state index is -0.918. The molecule has 0 aromatic carbocycles. The van der Waals surface area contributed by atoms with E-state index in [2.05, 4.69) is 10.5 Å². The number of aliphatic carboxylic acids is 1. The van der Waals surface area contributed by atoms with Gasteiger partial charge in [-0.2, -0.15) is 0 Å². The quantitative estimate of drug-likeness (QED) is 0.793. The van der Waals surface area contributed by atoms with E-state index in [4.69, 9.17) is 14.4 Å². The van der Waals surface area contributed by atoms with E-state index in [1.165, 1.54) is 0 Å². The van der Waals surface area contributed by atoms with Crippen LogP contribution in [-0.2, 0) is 9.59 Å². The van der Waals surface area contributed by atoms with Gasteiger partial charge in [0.2, 0.25) is 0 Å². The van der Waals surface area contributed by atoms with Gasteiger partial charge in [-0.15, -0.1) is 0 Å². The first-order valence-corrected chi connectivity index (χ1v) is 6.73. The maximum atomic E-state index is 11.6. The van der Waals surface area contributed by atoms with Crippen molar-refractivity contribution in [3.63, 3.8) is 0 Å². The van der Waals surface area contributed by atoms with Crippen LogP contribution in [0.3, 0.4) is 0 Å². The third-order valence-corrected chi connectivity index (χ3v) is 2.71. The highest BCUT2D eigenvalue weighted by Gasteiger charge is 2.25. The molecule has 1 aromatic heterocycles. The first-order chi connectivity index (χ1) is 9.67. The lowest BCUT2D eigenvalue weighted by Crippen LogP contribution is -2.37. The Morgan fingerprint density at radius 3 is 2.62 bits per heavy atom. The molecule has 7 nitrogen and oxygen atoms in total. The molecule has 0 saturated carbocycles. The molecule has 7 heteroatoms. The minimum absolute atomic E-state index is 0.0760. The molecule has 1 heterocycles. The van der Waals surface area contributed by atoms with Crippen molar-refractivity contribution in [1.29, 1.82) is 0 Å². The third kappa shape index (κ3) is 6.78. The number of nitrogens with one attached hydrogen (secondary N) is 1. The van der Waals surface area contributed by atoms with E-state index >= 15 is 0 Å². The molecule has 0 spiro atoms. The summed E-state index contributed by atoms with van der Waals surface area (Å²) in [5.41, 5.74) is -0.122. The van der Waals surface area contributed by atoms with E-state index in [-0.39, 0.29) is 24.4 Å². The van der Waals surface area contributed by atoms with Crippen molar-refractivity contribution in [3.05, 3.63) is 11.8 Å². The van der Waals surface area contributed by atoms with Crippen LogP contribution in [0.2, 0.25) is 0 Å². The van der Waals surface area contributed by atoms with Gasteiger partial charge < -0.3 is 19.7 Å².